The Morgan fingerprint density at radius 1 is 1.37 bits per heavy atom. The second-order valence-electron chi connectivity index (χ2n) is 5.25. The minimum absolute atomic E-state index is 0.411. The first-order valence-corrected chi connectivity index (χ1v) is 6.76. The van der Waals surface area contributed by atoms with Crippen LogP contribution in [0, 0.1) is 5.92 Å². The van der Waals surface area contributed by atoms with E-state index in [0.717, 1.165) is 30.8 Å². The molecule has 0 bridgehead atoms. The Balaban J connectivity index is 2.33. The third-order valence-electron chi connectivity index (χ3n) is 4.01. The first kappa shape index (κ1) is 14.3. The van der Waals surface area contributed by atoms with E-state index in [1.807, 2.05) is 6.07 Å². The monoisotopic (exact) mass is 264 g/mol. The molecule has 0 spiro atoms. The van der Waals surface area contributed by atoms with Crippen LogP contribution in [-0.4, -0.2) is 39.3 Å². The van der Waals surface area contributed by atoms with Crippen molar-refractivity contribution < 1.29 is 9.47 Å². The molecule has 2 N–H and O–H groups in total. The highest BCUT2D eigenvalue weighted by molar-refractivity contribution is 5.42. The third kappa shape index (κ3) is 2.91. The lowest BCUT2D eigenvalue weighted by Crippen LogP contribution is -2.21. The van der Waals surface area contributed by atoms with Crippen molar-refractivity contribution in [3.63, 3.8) is 0 Å². The molecule has 4 nitrogen and oxygen atoms in total. The maximum absolute atomic E-state index is 5.81. The molecule has 0 aliphatic carbocycles. The molecule has 0 saturated carbocycles. The molecule has 1 aromatic rings. The van der Waals surface area contributed by atoms with Crippen LogP contribution in [0.25, 0.3) is 0 Å². The van der Waals surface area contributed by atoms with Crippen LogP contribution < -0.4 is 10.5 Å². The van der Waals surface area contributed by atoms with Crippen LogP contribution in [0.4, 0.5) is 0 Å². The van der Waals surface area contributed by atoms with Gasteiger partial charge in [0, 0.05) is 25.3 Å². The van der Waals surface area contributed by atoms with Gasteiger partial charge in [0.2, 0.25) is 0 Å². The average molecular weight is 264 g/mol. The molecule has 106 valence electrons. The van der Waals surface area contributed by atoms with E-state index in [2.05, 4.69) is 24.1 Å². The number of methoxy groups -OCH3 is 2. The van der Waals surface area contributed by atoms with Crippen molar-refractivity contribution in [3.05, 3.63) is 29.3 Å². The molecule has 1 saturated heterocycles. The fourth-order valence-corrected chi connectivity index (χ4v) is 3.02. The molecule has 1 aliphatic heterocycles. The Morgan fingerprint density at radius 3 is 2.74 bits per heavy atom. The molecule has 2 rings (SSSR count). The molecule has 2 atom stereocenters. The summed E-state index contributed by atoms with van der Waals surface area (Å²) in [6.07, 6.45) is 1.11. The van der Waals surface area contributed by atoms with Gasteiger partial charge in [-0.15, -0.1) is 0 Å². The summed E-state index contributed by atoms with van der Waals surface area (Å²) in [5.74, 6) is 1.49. The number of rotatable bonds is 5. The van der Waals surface area contributed by atoms with E-state index < -0.39 is 0 Å². The Hall–Kier alpha value is -1.10. The topological polar surface area (TPSA) is 47.7 Å². The fourth-order valence-electron chi connectivity index (χ4n) is 3.02. The maximum atomic E-state index is 5.81. The van der Waals surface area contributed by atoms with Crippen molar-refractivity contribution in [2.75, 3.05) is 34.4 Å². The first-order chi connectivity index (χ1) is 9.21. The van der Waals surface area contributed by atoms with Crippen LogP contribution in [0.2, 0.25) is 0 Å². The van der Waals surface area contributed by atoms with Gasteiger partial charge in [-0.2, -0.15) is 0 Å². The van der Waals surface area contributed by atoms with Crippen molar-refractivity contribution >= 4 is 0 Å². The van der Waals surface area contributed by atoms with Crippen molar-refractivity contribution in [1.82, 2.24) is 4.90 Å². The smallest absolute Gasteiger partial charge is 0.124 e. The van der Waals surface area contributed by atoms with Gasteiger partial charge in [0.1, 0.15) is 5.75 Å². The van der Waals surface area contributed by atoms with E-state index in [4.69, 9.17) is 15.2 Å². The van der Waals surface area contributed by atoms with Crippen LogP contribution in [0.5, 0.6) is 5.75 Å². The highest BCUT2D eigenvalue weighted by atomic mass is 16.5. The van der Waals surface area contributed by atoms with E-state index in [-0.39, 0.29) is 0 Å². The van der Waals surface area contributed by atoms with Crippen LogP contribution in [-0.2, 0) is 11.3 Å². The SMILES string of the molecule is COCc1c(OC)cccc1C1CC(CN)CN1C. The van der Waals surface area contributed by atoms with Gasteiger partial charge in [0.25, 0.3) is 0 Å². The first-order valence-electron chi connectivity index (χ1n) is 6.76. The molecule has 1 heterocycles. The van der Waals surface area contributed by atoms with Gasteiger partial charge in [0.05, 0.1) is 13.7 Å². The number of likely N-dealkylation sites (tertiary alicyclic amines) is 1. The summed E-state index contributed by atoms with van der Waals surface area (Å²) in [7, 11) is 5.59. The summed E-state index contributed by atoms with van der Waals surface area (Å²) in [5, 5.41) is 0. The summed E-state index contributed by atoms with van der Waals surface area (Å²) >= 11 is 0. The summed E-state index contributed by atoms with van der Waals surface area (Å²) in [5.41, 5.74) is 8.27. The normalized spacial score (nSPS) is 23.8. The zero-order valence-electron chi connectivity index (χ0n) is 12.1. The minimum Gasteiger partial charge on any atom is -0.496 e. The standard InChI is InChI=1S/C15H24N2O2/c1-17-9-11(8-16)7-14(17)12-5-4-6-15(19-3)13(12)10-18-2/h4-6,11,14H,7-10,16H2,1-3H3. The molecule has 0 amide bonds. The predicted molar refractivity (Wildman–Crippen MR) is 76.2 cm³/mol. The van der Waals surface area contributed by atoms with Gasteiger partial charge in [-0.25, -0.2) is 0 Å². The Labute approximate surface area is 115 Å². The Morgan fingerprint density at radius 2 is 2.16 bits per heavy atom. The van der Waals surface area contributed by atoms with Gasteiger partial charge in [-0.1, -0.05) is 12.1 Å². The van der Waals surface area contributed by atoms with E-state index >= 15 is 0 Å². The van der Waals surface area contributed by atoms with E-state index in [9.17, 15) is 0 Å². The molecular weight excluding hydrogens is 240 g/mol. The van der Waals surface area contributed by atoms with E-state index in [1.54, 1.807) is 14.2 Å². The largest absolute Gasteiger partial charge is 0.496 e. The second-order valence-corrected chi connectivity index (χ2v) is 5.25. The van der Waals surface area contributed by atoms with Crippen molar-refractivity contribution in [2.24, 2.45) is 11.7 Å². The fraction of sp³-hybridized carbons (Fsp3) is 0.600. The molecule has 1 fully saturated rings. The van der Waals surface area contributed by atoms with Crippen LogP contribution in [0.1, 0.15) is 23.6 Å². The molecule has 1 aromatic carbocycles. The second kappa shape index (κ2) is 6.37. The molecule has 0 radical (unpaired) electrons. The average Bonchev–Trinajstić information content (AvgIpc) is 2.80. The maximum Gasteiger partial charge on any atom is 0.124 e. The highest BCUT2D eigenvalue weighted by Gasteiger charge is 2.31. The van der Waals surface area contributed by atoms with Crippen molar-refractivity contribution in [1.29, 1.82) is 0 Å². The minimum atomic E-state index is 0.411. The summed E-state index contributed by atoms with van der Waals surface area (Å²) < 4.78 is 10.8. The number of benzene rings is 1. The summed E-state index contributed by atoms with van der Waals surface area (Å²) in [4.78, 5) is 2.38. The van der Waals surface area contributed by atoms with E-state index in [0.29, 0.717) is 18.6 Å². The van der Waals surface area contributed by atoms with Crippen molar-refractivity contribution in [2.45, 2.75) is 19.1 Å². The van der Waals surface area contributed by atoms with Gasteiger partial charge in [-0.05, 0) is 37.6 Å². The van der Waals surface area contributed by atoms with Gasteiger partial charge < -0.3 is 15.2 Å². The number of hydrogen-bond donors (Lipinski definition) is 1. The number of hydrogen-bond acceptors (Lipinski definition) is 4. The summed E-state index contributed by atoms with van der Waals surface area (Å²) in [6.45, 7) is 2.40. The van der Waals surface area contributed by atoms with Crippen LogP contribution in [0.15, 0.2) is 18.2 Å². The zero-order valence-corrected chi connectivity index (χ0v) is 12.1. The molecule has 1 aliphatic rings. The lowest BCUT2D eigenvalue weighted by molar-refractivity contribution is 0.178. The number of ether oxygens (including phenoxy) is 2. The lowest BCUT2D eigenvalue weighted by atomic mass is 9.95. The third-order valence-corrected chi connectivity index (χ3v) is 4.01. The van der Waals surface area contributed by atoms with E-state index in [1.165, 1.54) is 5.56 Å². The number of nitrogens with zero attached hydrogens (tertiary/aromatic N) is 1. The molecule has 19 heavy (non-hydrogen) atoms. The molecule has 0 aromatic heterocycles. The van der Waals surface area contributed by atoms with Gasteiger partial charge in [-0.3, -0.25) is 4.90 Å². The quantitative estimate of drug-likeness (QED) is 0.881. The highest BCUT2D eigenvalue weighted by Crippen LogP contribution is 2.38. The van der Waals surface area contributed by atoms with Gasteiger partial charge >= 0.3 is 0 Å². The molecule has 4 heteroatoms. The van der Waals surface area contributed by atoms with Crippen LogP contribution >= 0.6 is 0 Å². The predicted octanol–water partition coefficient (Wildman–Crippen LogP) is 1.79. The van der Waals surface area contributed by atoms with Crippen molar-refractivity contribution in [3.8, 4) is 5.75 Å². The molecule has 2 unspecified atom stereocenters. The zero-order chi connectivity index (χ0) is 13.8. The number of nitrogens with two attached hydrogens (primary N) is 1. The lowest BCUT2D eigenvalue weighted by Gasteiger charge is -2.23. The Bertz CT molecular complexity index is 423. The van der Waals surface area contributed by atoms with Gasteiger partial charge in [0.15, 0.2) is 0 Å². The molecular formula is C15H24N2O2. The van der Waals surface area contributed by atoms with Crippen LogP contribution in [0.3, 0.4) is 0 Å². The summed E-state index contributed by atoms with van der Waals surface area (Å²) in [6, 6.07) is 6.63. The Kier molecular flexibility index (Phi) is 4.80.